The van der Waals surface area contributed by atoms with Crippen LogP contribution in [0.5, 0.6) is 0 Å². The van der Waals surface area contributed by atoms with E-state index in [-0.39, 0.29) is 6.61 Å². The van der Waals surface area contributed by atoms with E-state index in [2.05, 4.69) is 5.32 Å². The van der Waals surface area contributed by atoms with Crippen LogP contribution in [-0.2, 0) is 0 Å². The van der Waals surface area contributed by atoms with Crippen molar-refractivity contribution in [2.75, 3.05) is 13.2 Å². The zero-order valence-electron chi connectivity index (χ0n) is 4.55. The fourth-order valence-corrected chi connectivity index (χ4v) is 1.11. The molecule has 3 heteroatoms. The molecule has 0 aromatic rings. The predicted molar refractivity (Wildman–Crippen MR) is 35.8 cm³/mol. The summed E-state index contributed by atoms with van der Waals surface area (Å²) in [5.74, 6) is 0.377. The van der Waals surface area contributed by atoms with Crippen LogP contribution >= 0.6 is 12.2 Å². The van der Waals surface area contributed by atoms with Crippen LogP contribution in [0.1, 0.15) is 6.42 Å². The summed E-state index contributed by atoms with van der Waals surface area (Å²) < 4.78 is 0. The van der Waals surface area contributed by atoms with E-state index in [1.54, 1.807) is 0 Å². The quantitative estimate of drug-likeness (QED) is 0.488. The minimum absolute atomic E-state index is 0.257. The monoisotopic (exact) mass is 131 g/mol. The number of hydrogen-bond donors (Lipinski definition) is 2. The summed E-state index contributed by atoms with van der Waals surface area (Å²) in [5, 5.41) is 11.6. The zero-order chi connectivity index (χ0) is 5.98. The predicted octanol–water partition coefficient (Wildman–Crippen LogP) is -0.0844. The smallest absolute Gasteiger partial charge is 0.0757 e. The third-order valence-corrected chi connectivity index (χ3v) is 1.63. The molecule has 1 heterocycles. The summed E-state index contributed by atoms with van der Waals surface area (Å²) in [5.41, 5.74) is 0. The van der Waals surface area contributed by atoms with Crippen molar-refractivity contribution < 1.29 is 5.11 Å². The van der Waals surface area contributed by atoms with Gasteiger partial charge in [-0.1, -0.05) is 12.2 Å². The Bertz CT molecular complexity index is 105. The second-order valence-corrected chi connectivity index (χ2v) is 2.55. The van der Waals surface area contributed by atoms with Crippen LogP contribution in [0.25, 0.3) is 0 Å². The normalized spacial score (nSPS) is 28.1. The maximum atomic E-state index is 8.58. The van der Waals surface area contributed by atoms with Crippen molar-refractivity contribution in [1.29, 1.82) is 0 Å². The number of aliphatic hydroxyl groups is 1. The van der Waals surface area contributed by atoms with E-state index < -0.39 is 0 Å². The Hall–Kier alpha value is -0.150. The molecule has 0 bridgehead atoms. The Labute approximate surface area is 53.9 Å². The van der Waals surface area contributed by atoms with Crippen LogP contribution in [0.15, 0.2) is 0 Å². The highest BCUT2D eigenvalue weighted by atomic mass is 32.1. The van der Waals surface area contributed by atoms with Crippen molar-refractivity contribution in [1.82, 2.24) is 5.32 Å². The van der Waals surface area contributed by atoms with Gasteiger partial charge in [-0.2, -0.15) is 0 Å². The lowest BCUT2D eigenvalue weighted by Crippen LogP contribution is -2.13. The molecule has 0 aromatic carbocycles. The Morgan fingerprint density at radius 1 is 1.88 bits per heavy atom. The van der Waals surface area contributed by atoms with Crippen molar-refractivity contribution in [3.05, 3.63) is 0 Å². The standard InChI is InChI=1S/C5H9NOS/c7-3-4-1-5(8)6-2-4/h4,7H,1-3H2,(H,6,8). The third-order valence-electron chi connectivity index (χ3n) is 1.32. The van der Waals surface area contributed by atoms with Gasteiger partial charge in [-0.25, -0.2) is 0 Å². The first-order chi connectivity index (χ1) is 3.83. The number of hydrogen-bond acceptors (Lipinski definition) is 2. The molecule has 0 amide bonds. The first-order valence-corrected chi connectivity index (χ1v) is 3.11. The first kappa shape index (κ1) is 5.98. The Kier molecular flexibility index (Phi) is 1.81. The maximum absolute atomic E-state index is 8.58. The van der Waals surface area contributed by atoms with E-state index in [0.29, 0.717) is 5.92 Å². The molecule has 0 spiro atoms. The zero-order valence-corrected chi connectivity index (χ0v) is 5.37. The lowest BCUT2D eigenvalue weighted by molar-refractivity contribution is 0.239. The molecule has 46 valence electrons. The second kappa shape index (κ2) is 2.42. The van der Waals surface area contributed by atoms with Crippen molar-refractivity contribution in [3.8, 4) is 0 Å². The molecule has 2 N–H and O–H groups in total. The summed E-state index contributed by atoms with van der Waals surface area (Å²) in [6.07, 6.45) is 0.867. The maximum Gasteiger partial charge on any atom is 0.0757 e. The number of rotatable bonds is 1. The van der Waals surface area contributed by atoms with Gasteiger partial charge in [-0.05, 0) is 0 Å². The molecule has 2 nitrogen and oxygen atoms in total. The molecule has 8 heavy (non-hydrogen) atoms. The van der Waals surface area contributed by atoms with E-state index >= 15 is 0 Å². The molecule has 1 saturated heterocycles. The fraction of sp³-hybridized carbons (Fsp3) is 0.800. The van der Waals surface area contributed by atoms with Gasteiger partial charge >= 0.3 is 0 Å². The summed E-state index contributed by atoms with van der Waals surface area (Å²) in [7, 11) is 0. The second-order valence-electron chi connectivity index (χ2n) is 2.06. The SMILES string of the molecule is OCC1CNC(=S)C1. The first-order valence-electron chi connectivity index (χ1n) is 2.70. The van der Waals surface area contributed by atoms with E-state index in [1.165, 1.54) is 0 Å². The van der Waals surface area contributed by atoms with Gasteiger partial charge in [0.05, 0.1) is 4.99 Å². The van der Waals surface area contributed by atoms with Gasteiger partial charge in [0.2, 0.25) is 0 Å². The molecule has 0 aliphatic carbocycles. The van der Waals surface area contributed by atoms with E-state index in [1.807, 2.05) is 0 Å². The van der Waals surface area contributed by atoms with Gasteiger partial charge in [0.15, 0.2) is 0 Å². The summed E-state index contributed by atoms with van der Waals surface area (Å²) in [6, 6.07) is 0. The van der Waals surface area contributed by atoms with Crippen LogP contribution < -0.4 is 5.32 Å². The number of nitrogens with one attached hydrogen (secondary N) is 1. The van der Waals surface area contributed by atoms with Crippen LogP contribution in [0.2, 0.25) is 0 Å². The molecular weight excluding hydrogens is 122 g/mol. The summed E-state index contributed by atoms with van der Waals surface area (Å²) >= 11 is 4.84. The summed E-state index contributed by atoms with van der Waals surface area (Å²) in [6.45, 7) is 1.11. The van der Waals surface area contributed by atoms with Crippen LogP contribution in [0.3, 0.4) is 0 Å². The van der Waals surface area contributed by atoms with E-state index in [0.717, 1.165) is 18.0 Å². The lowest BCUT2D eigenvalue weighted by Gasteiger charge is -1.97. The van der Waals surface area contributed by atoms with Gasteiger partial charge in [0.25, 0.3) is 0 Å². The molecular formula is C5H9NOS. The molecule has 0 radical (unpaired) electrons. The van der Waals surface area contributed by atoms with Crippen LogP contribution in [0.4, 0.5) is 0 Å². The molecule has 1 aliphatic heterocycles. The summed E-state index contributed by atoms with van der Waals surface area (Å²) in [4.78, 5) is 0.893. The van der Waals surface area contributed by atoms with Crippen molar-refractivity contribution in [2.45, 2.75) is 6.42 Å². The minimum Gasteiger partial charge on any atom is -0.396 e. The molecule has 1 fully saturated rings. The Morgan fingerprint density at radius 3 is 2.88 bits per heavy atom. The van der Waals surface area contributed by atoms with Crippen LogP contribution in [-0.4, -0.2) is 23.2 Å². The molecule has 0 aromatic heterocycles. The third kappa shape index (κ3) is 1.17. The molecule has 1 aliphatic rings. The van der Waals surface area contributed by atoms with Crippen molar-refractivity contribution in [2.24, 2.45) is 5.92 Å². The van der Waals surface area contributed by atoms with Crippen molar-refractivity contribution >= 4 is 17.2 Å². The highest BCUT2D eigenvalue weighted by Crippen LogP contribution is 2.07. The number of thiocarbonyl (C=S) groups is 1. The molecule has 1 rings (SSSR count). The largest absolute Gasteiger partial charge is 0.396 e. The van der Waals surface area contributed by atoms with E-state index in [9.17, 15) is 0 Å². The average molecular weight is 131 g/mol. The van der Waals surface area contributed by atoms with Gasteiger partial charge in [-0.3, -0.25) is 0 Å². The van der Waals surface area contributed by atoms with E-state index in [4.69, 9.17) is 17.3 Å². The molecule has 0 saturated carbocycles. The lowest BCUT2D eigenvalue weighted by atomic mass is 10.1. The van der Waals surface area contributed by atoms with Gasteiger partial charge in [-0.15, -0.1) is 0 Å². The van der Waals surface area contributed by atoms with Gasteiger partial charge in [0.1, 0.15) is 0 Å². The van der Waals surface area contributed by atoms with Gasteiger partial charge < -0.3 is 10.4 Å². The molecule has 1 unspecified atom stereocenters. The topological polar surface area (TPSA) is 32.3 Å². The Morgan fingerprint density at radius 2 is 2.62 bits per heavy atom. The molecule has 1 atom stereocenters. The van der Waals surface area contributed by atoms with Crippen LogP contribution in [0, 0.1) is 5.92 Å². The fourth-order valence-electron chi connectivity index (χ4n) is 0.794. The average Bonchev–Trinajstić information content (AvgIpc) is 2.14. The number of aliphatic hydroxyl groups excluding tert-OH is 1. The van der Waals surface area contributed by atoms with Crippen molar-refractivity contribution in [3.63, 3.8) is 0 Å². The highest BCUT2D eigenvalue weighted by Gasteiger charge is 2.16. The highest BCUT2D eigenvalue weighted by molar-refractivity contribution is 7.80. The Balaban J connectivity index is 2.32. The minimum atomic E-state index is 0.257. The van der Waals surface area contributed by atoms with Gasteiger partial charge in [0, 0.05) is 25.5 Å².